The number of fused-ring (bicyclic) bond motifs is 1. The molecule has 0 bridgehead atoms. The van der Waals surface area contributed by atoms with Gasteiger partial charge in [-0.05, 0) is 41.3 Å². The van der Waals surface area contributed by atoms with Crippen molar-refractivity contribution in [2.75, 3.05) is 40.9 Å². The molecule has 4 rings (SSSR count). The molecule has 218 valence electrons. The lowest BCUT2D eigenvalue weighted by molar-refractivity contribution is -0.149. The first-order chi connectivity index (χ1) is 19.9. The first-order valence-corrected chi connectivity index (χ1v) is 14.4. The van der Waals surface area contributed by atoms with Crippen molar-refractivity contribution in [3.63, 3.8) is 0 Å². The van der Waals surface area contributed by atoms with E-state index in [1.165, 1.54) is 9.80 Å². The van der Waals surface area contributed by atoms with E-state index in [4.69, 9.17) is 4.74 Å². The van der Waals surface area contributed by atoms with Gasteiger partial charge in [0.05, 0.1) is 6.61 Å². The minimum Gasteiger partial charge on any atom is -0.370 e. The highest BCUT2D eigenvalue weighted by atomic mass is 16.5. The van der Waals surface area contributed by atoms with Crippen LogP contribution in [-0.2, 0) is 32.0 Å². The molecular weight excluding hydrogens is 516 g/mol. The summed E-state index contributed by atoms with van der Waals surface area (Å²) in [5, 5.41) is 8.30. The predicted octanol–water partition coefficient (Wildman–Crippen LogP) is 3.18. The maximum absolute atomic E-state index is 14.1. The average molecular weight is 559 g/mol. The standard InChI is InChI=1S/C33H42N4O4/c1-34-32(39)29(20-24-11-5-4-6-12-24)37(3)33(40)30(21-25-16-17-26-13-7-8-14-27(26)19-25)36(2)31(38)23-41-22-28-15-9-10-18-35-28/h4-8,11-14,16-17,19,28-30,35H,9-10,15,18,20-23H2,1-3H3,(H,34,39)/t28?,29-,30-/m1/s1. The third-order valence-corrected chi connectivity index (χ3v) is 7.98. The molecule has 2 N–H and O–H groups in total. The van der Waals surface area contributed by atoms with E-state index in [1.807, 2.05) is 66.7 Å². The molecule has 3 aromatic rings. The van der Waals surface area contributed by atoms with E-state index in [1.54, 1.807) is 21.1 Å². The number of nitrogens with zero attached hydrogens (tertiary/aromatic N) is 2. The molecule has 1 unspecified atom stereocenters. The van der Waals surface area contributed by atoms with Gasteiger partial charge in [-0.25, -0.2) is 0 Å². The van der Waals surface area contributed by atoms with E-state index in [9.17, 15) is 14.4 Å². The molecule has 3 atom stereocenters. The number of benzene rings is 3. The maximum Gasteiger partial charge on any atom is 0.249 e. The fraction of sp³-hybridized carbons (Fsp3) is 0.424. The van der Waals surface area contributed by atoms with Crippen LogP contribution in [0.15, 0.2) is 72.8 Å². The van der Waals surface area contributed by atoms with Crippen molar-refractivity contribution in [2.45, 2.75) is 50.2 Å². The summed E-state index contributed by atoms with van der Waals surface area (Å²) in [7, 11) is 4.86. The van der Waals surface area contributed by atoms with Gasteiger partial charge in [-0.15, -0.1) is 0 Å². The van der Waals surface area contributed by atoms with Crippen molar-refractivity contribution >= 4 is 28.5 Å². The maximum atomic E-state index is 14.1. The summed E-state index contributed by atoms with van der Waals surface area (Å²) in [5.74, 6) is -0.827. The van der Waals surface area contributed by atoms with Gasteiger partial charge in [-0.2, -0.15) is 0 Å². The summed E-state index contributed by atoms with van der Waals surface area (Å²) < 4.78 is 5.79. The van der Waals surface area contributed by atoms with Crippen LogP contribution in [0.1, 0.15) is 30.4 Å². The lowest BCUT2D eigenvalue weighted by Gasteiger charge is -2.34. The van der Waals surface area contributed by atoms with Crippen LogP contribution in [0.2, 0.25) is 0 Å². The number of piperidine rings is 1. The molecule has 1 fully saturated rings. The quantitative estimate of drug-likeness (QED) is 0.356. The monoisotopic (exact) mass is 558 g/mol. The number of rotatable bonds is 12. The molecule has 0 aliphatic carbocycles. The van der Waals surface area contributed by atoms with Crippen molar-refractivity contribution < 1.29 is 19.1 Å². The number of hydrogen-bond donors (Lipinski definition) is 2. The van der Waals surface area contributed by atoms with Crippen LogP contribution in [0.3, 0.4) is 0 Å². The molecule has 41 heavy (non-hydrogen) atoms. The third-order valence-electron chi connectivity index (χ3n) is 7.98. The van der Waals surface area contributed by atoms with Gasteiger partial charge in [0.25, 0.3) is 0 Å². The number of amides is 3. The summed E-state index contributed by atoms with van der Waals surface area (Å²) in [6.45, 7) is 1.31. The second kappa shape index (κ2) is 14.8. The highest BCUT2D eigenvalue weighted by molar-refractivity contribution is 5.92. The SMILES string of the molecule is CNC(=O)[C@@H](Cc1ccccc1)N(C)C(=O)[C@@H](Cc1ccc2ccccc2c1)N(C)C(=O)COCC1CCCCN1. The van der Waals surface area contributed by atoms with Gasteiger partial charge in [-0.3, -0.25) is 14.4 Å². The second-order valence-corrected chi connectivity index (χ2v) is 10.8. The Morgan fingerprint density at radius 1 is 0.878 bits per heavy atom. The Balaban J connectivity index is 1.54. The minimum absolute atomic E-state index is 0.108. The van der Waals surface area contributed by atoms with Crippen molar-refractivity contribution in [3.05, 3.63) is 83.9 Å². The van der Waals surface area contributed by atoms with Crippen LogP contribution < -0.4 is 10.6 Å². The van der Waals surface area contributed by atoms with Gasteiger partial charge in [0, 0.05) is 40.0 Å². The molecule has 0 aromatic heterocycles. The second-order valence-electron chi connectivity index (χ2n) is 10.8. The van der Waals surface area contributed by atoms with Crippen LogP contribution in [-0.4, -0.2) is 86.5 Å². The molecule has 8 heteroatoms. The van der Waals surface area contributed by atoms with Crippen LogP contribution in [0.25, 0.3) is 10.8 Å². The molecule has 8 nitrogen and oxygen atoms in total. The summed E-state index contributed by atoms with van der Waals surface area (Å²) in [4.78, 5) is 43.4. The van der Waals surface area contributed by atoms with Crippen molar-refractivity contribution in [1.29, 1.82) is 0 Å². The van der Waals surface area contributed by atoms with Crippen LogP contribution in [0, 0.1) is 0 Å². The van der Waals surface area contributed by atoms with Crippen molar-refractivity contribution in [1.82, 2.24) is 20.4 Å². The zero-order valence-corrected chi connectivity index (χ0v) is 24.3. The first-order valence-electron chi connectivity index (χ1n) is 14.4. The lowest BCUT2D eigenvalue weighted by Crippen LogP contribution is -2.56. The number of carbonyl (C=O) groups excluding carboxylic acids is 3. The summed E-state index contributed by atoms with van der Waals surface area (Å²) in [5.41, 5.74) is 1.88. The number of hydrogen-bond acceptors (Lipinski definition) is 5. The zero-order valence-electron chi connectivity index (χ0n) is 24.3. The highest BCUT2D eigenvalue weighted by Crippen LogP contribution is 2.20. The molecule has 3 aromatic carbocycles. The summed E-state index contributed by atoms with van der Waals surface area (Å²) >= 11 is 0. The van der Waals surface area contributed by atoms with Crippen LogP contribution in [0.4, 0.5) is 0 Å². The number of nitrogens with one attached hydrogen (secondary N) is 2. The Morgan fingerprint density at radius 3 is 2.29 bits per heavy atom. The lowest BCUT2D eigenvalue weighted by atomic mass is 9.98. The van der Waals surface area contributed by atoms with Gasteiger partial charge in [-0.1, -0.05) is 79.2 Å². The van der Waals surface area contributed by atoms with E-state index < -0.39 is 12.1 Å². The van der Waals surface area contributed by atoms with Gasteiger partial charge in [0.1, 0.15) is 18.7 Å². The molecule has 0 saturated carbocycles. The van der Waals surface area contributed by atoms with Crippen molar-refractivity contribution in [3.8, 4) is 0 Å². The molecule has 3 amide bonds. The molecule has 0 radical (unpaired) electrons. The van der Waals surface area contributed by atoms with Gasteiger partial charge in [0.15, 0.2) is 0 Å². The first kappa shape index (κ1) is 30.2. The zero-order chi connectivity index (χ0) is 29.2. The Kier molecular flexibility index (Phi) is 10.9. The average Bonchev–Trinajstić information content (AvgIpc) is 3.02. The molecule has 0 spiro atoms. The Hall–Kier alpha value is -3.75. The largest absolute Gasteiger partial charge is 0.370 e. The molecule has 1 heterocycles. The minimum atomic E-state index is -0.812. The van der Waals surface area contributed by atoms with E-state index in [0.717, 1.165) is 47.7 Å². The van der Waals surface area contributed by atoms with Gasteiger partial charge < -0.3 is 25.2 Å². The number of likely N-dealkylation sites (N-methyl/N-ethyl adjacent to an activating group) is 3. The molecule has 1 aliphatic heterocycles. The summed E-state index contributed by atoms with van der Waals surface area (Å²) in [6.07, 6.45) is 4.01. The number of ether oxygens (including phenoxy) is 1. The van der Waals surface area contributed by atoms with Gasteiger partial charge >= 0.3 is 0 Å². The fourth-order valence-electron chi connectivity index (χ4n) is 5.41. The summed E-state index contributed by atoms with van der Waals surface area (Å²) in [6, 6.07) is 22.4. The van der Waals surface area contributed by atoms with E-state index in [-0.39, 0.29) is 30.4 Å². The Bertz CT molecular complexity index is 1310. The predicted molar refractivity (Wildman–Crippen MR) is 161 cm³/mol. The van der Waals surface area contributed by atoms with Gasteiger partial charge in [0.2, 0.25) is 17.7 Å². The topological polar surface area (TPSA) is 91.0 Å². The molecule has 1 aliphatic rings. The Morgan fingerprint density at radius 2 is 1.59 bits per heavy atom. The molecule has 1 saturated heterocycles. The smallest absolute Gasteiger partial charge is 0.249 e. The van der Waals surface area contributed by atoms with E-state index in [2.05, 4.69) is 16.7 Å². The van der Waals surface area contributed by atoms with Crippen LogP contribution in [0.5, 0.6) is 0 Å². The van der Waals surface area contributed by atoms with Crippen molar-refractivity contribution in [2.24, 2.45) is 0 Å². The normalized spacial score (nSPS) is 16.5. The Labute approximate surface area is 243 Å². The van der Waals surface area contributed by atoms with E-state index in [0.29, 0.717) is 19.4 Å². The molecular formula is C33H42N4O4. The van der Waals surface area contributed by atoms with E-state index >= 15 is 0 Å². The third kappa shape index (κ3) is 8.15. The highest BCUT2D eigenvalue weighted by Gasteiger charge is 2.35. The fourth-order valence-corrected chi connectivity index (χ4v) is 5.41. The van der Waals surface area contributed by atoms with Crippen LogP contribution >= 0.6 is 0 Å². The number of carbonyl (C=O) groups is 3.